The van der Waals surface area contributed by atoms with Gasteiger partial charge in [-0.15, -0.1) is 0 Å². The van der Waals surface area contributed by atoms with Gasteiger partial charge in [0, 0.05) is 42.5 Å². The molecular formula is C17H27N3O2S. The first-order valence-electron chi connectivity index (χ1n) is 8.12. The third-order valence-electron chi connectivity index (χ3n) is 4.20. The predicted octanol–water partition coefficient (Wildman–Crippen LogP) is 2.83. The van der Waals surface area contributed by atoms with Crippen molar-refractivity contribution in [3.05, 3.63) is 23.8 Å². The number of benzene rings is 1. The van der Waals surface area contributed by atoms with Crippen molar-refractivity contribution in [3.63, 3.8) is 0 Å². The van der Waals surface area contributed by atoms with Crippen molar-refractivity contribution in [3.8, 4) is 0 Å². The van der Waals surface area contributed by atoms with E-state index < -0.39 is 5.60 Å². The summed E-state index contributed by atoms with van der Waals surface area (Å²) >= 11 is 1.99. The Bertz CT molecular complexity index is 543. The number of hydrogen-bond donors (Lipinski definition) is 3. The molecule has 1 atom stereocenters. The molecule has 0 saturated carbocycles. The highest BCUT2D eigenvalue weighted by Crippen LogP contribution is 2.26. The van der Waals surface area contributed by atoms with E-state index in [2.05, 4.69) is 28.5 Å². The number of rotatable bonds is 5. The van der Waals surface area contributed by atoms with Crippen LogP contribution < -0.4 is 15.5 Å². The third-order valence-corrected chi connectivity index (χ3v) is 5.14. The van der Waals surface area contributed by atoms with Crippen LogP contribution in [0.15, 0.2) is 18.2 Å². The molecule has 0 unspecified atom stereocenters. The van der Waals surface area contributed by atoms with Crippen LogP contribution in [0.2, 0.25) is 0 Å². The van der Waals surface area contributed by atoms with Crippen molar-refractivity contribution in [1.82, 2.24) is 5.32 Å². The lowest BCUT2D eigenvalue weighted by atomic mass is 10.0. The van der Waals surface area contributed by atoms with Gasteiger partial charge in [0.1, 0.15) is 0 Å². The van der Waals surface area contributed by atoms with Crippen LogP contribution in [0.4, 0.5) is 16.2 Å². The lowest BCUT2D eigenvalue weighted by Gasteiger charge is -2.30. The number of nitrogens with zero attached hydrogens (tertiary/aromatic N) is 1. The van der Waals surface area contributed by atoms with E-state index in [9.17, 15) is 9.90 Å². The van der Waals surface area contributed by atoms with Gasteiger partial charge in [-0.1, -0.05) is 6.92 Å². The summed E-state index contributed by atoms with van der Waals surface area (Å²) in [6.07, 6.45) is 0.592. The number of aryl methyl sites for hydroxylation is 1. The van der Waals surface area contributed by atoms with E-state index in [-0.39, 0.29) is 12.6 Å². The van der Waals surface area contributed by atoms with E-state index in [1.54, 1.807) is 6.92 Å². The summed E-state index contributed by atoms with van der Waals surface area (Å²) in [5, 5.41) is 15.4. The molecule has 1 aromatic carbocycles. The predicted molar refractivity (Wildman–Crippen MR) is 98.7 cm³/mol. The van der Waals surface area contributed by atoms with Crippen molar-refractivity contribution in [2.24, 2.45) is 0 Å². The molecule has 0 spiro atoms. The highest BCUT2D eigenvalue weighted by molar-refractivity contribution is 7.99. The number of carbonyl (C=O) groups excluding carboxylic acids is 1. The van der Waals surface area contributed by atoms with Crippen molar-refractivity contribution >= 4 is 29.2 Å². The standard InChI is InChI=1S/C17H27N3O2S/c1-4-17(3,22)12-18-16(21)19-14-5-6-15(13(2)11-14)20-7-9-23-10-8-20/h5-6,11,22H,4,7-10,12H2,1-3H3,(H2,18,19,21)/t17-/m1/s1. The SMILES string of the molecule is CC[C@@](C)(O)CNC(=O)Nc1ccc(N2CCSCC2)c(C)c1. The lowest BCUT2D eigenvalue weighted by molar-refractivity contribution is 0.0587. The molecule has 0 aliphatic carbocycles. The second kappa shape index (κ2) is 7.93. The Morgan fingerprint density at radius 3 is 2.70 bits per heavy atom. The smallest absolute Gasteiger partial charge is 0.319 e. The topological polar surface area (TPSA) is 64.6 Å². The first kappa shape index (κ1) is 17.9. The quantitative estimate of drug-likeness (QED) is 0.773. The molecule has 1 aliphatic rings. The van der Waals surface area contributed by atoms with Gasteiger partial charge in [0.25, 0.3) is 0 Å². The van der Waals surface area contributed by atoms with Crippen LogP contribution in [0.5, 0.6) is 0 Å². The minimum Gasteiger partial charge on any atom is -0.388 e. The molecule has 0 radical (unpaired) electrons. The number of anilines is 2. The van der Waals surface area contributed by atoms with Crippen molar-refractivity contribution in [2.45, 2.75) is 32.8 Å². The molecule has 128 valence electrons. The summed E-state index contributed by atoms with van der Waals surface area (Å²) in [5.41, 5.74) is 2.30. The Hall–Kier alpha value is -1.40. The molecule has 0 bridgehead atoms. The van der Waals surface area contributed by atoms with E-state index in [4.69, 9.17) is 0 Å². The first-order valence-corrected chi connectivity index (χ1v) is 9.27. The summed E-state index contributed by atoms with van der Waals surface area (Å²) in [5.74, 6) is 2.33. The molecule has 2 amide bonds. The van der Waals surface area contributed by atoms with Crippen molar-refractivity contribution in [1.29, 1.82) is 0 Å². The second-order valence-corrected chi connectivity index (χ2v) is 7.48. The van der Waals surface area contributed by atoms with Crippen molar-refractivity contribution in [2.75, 3.05) is 41.4 Å². The summed E-state index contributed by atoms with van der Waals surface area (Å²) in [6, 6.07) is 5.71. The molecule has 0 aromatic heterocycles. The molecule has 1 heterocycles. The zero-order chi connectivity index (χ0) is 16.9. The Balaban J connectivity index is 1.93. The van der Waals surface area contributed by atoms with Gasteiger partial charge in [-0.2, -0.15) is 11.8 Å². The molecule has 6 heteroatoms. The van der Waals surface area contributed by atoms with Crippen LogP contribution in [0.25, 0.3) is 0 Å². The number of hydrogen-bond acceptors (Lipinski definition) is 4. The normalized spacial score (nSPS) is 17.5. The van der Waals surface area contributed by atoms with Crippen molar-refractivity contribution < 1.29 is 9.90 Å². The average Bonchev–Trinajstić information content (AvgIpc) is 2.54. The Kier molecular flexibility index (Phi) is 6.18. The van der Waals surface area contributed by atoms with Gasteiger partial charge < -0.3 is 20.6 Å². The van der Waals surface area contributed by atoms with Gasteiger partial charge in [0.2, 0.25) is 0 Å². The zero-order valence-electron chi connectivity index (χ0n) is 14.2. The fourth-order valence-electron chi connectivity index (χ4n) is 2.46. The fraction of sp³-hybridized carbons (Fsp3) is 0.588. The van der Waals surface area contributed by atoms with Gasteiger partial charge in [0.05, 0.1) is 5.60 Å². The second-order valence-electron chi connectivity index (χ2n) is 6.26. The van der Waals surface area contributed by atoms with E-state index in [1.165, 1.54) is 17.2 Å². The van der Waals surface area contributed by atoms with Crippen LogP contribution >= 0.6 is 11.8 Å². The van der Waals surface area contributed by atoms with Gasteiger partial charge in [0.15, 0.2) is 0 Å². The fourth-order valence-corrected chi connectivity index (χ4v) is 3.37. The molecule has 3 N–H and O–H groups in total. The maximum atomic E-state index is 11.9. The highest BCUT2D eigenvalue weighted by atomic mass is 32.2. The van der Waals surface area contributed by atoms with Crippen LogP contribution in [0.1, 0.15) is 25.8 Å². The Labute approximate surface area is 142 Å². The van der Waals surface area contributed by atoms with Crippen LogP contribution in [0.3, 0.4) is 0 Å². The minimum absolute atomic E-state index is 0.234. The Morgan fingerprint density at radius 2 is 2.09 bits per heavy atom. The van der Waals surface area contributed by atoms with Gasteiger partial charge in [-0.05, 0) is 44.0 Å². The molecular weight excluding hydrogens is 310 g/mol. The highest BCUT2D eigenvalue weighted by Gasteiger charge is 2.18. The molecule has 1 saturated heterocycles. The van der Waals surface area contributed by atoms with E-state index >= 15 is 0 Å². The molecule has 5 nitrogen and oxygen atoms in total. The molecule has 1 aromatic rings. The van der Waals surface area contributed by atoms with E-state index in [0.717, 1.165) is 24.3 Å². The zero-order valence-corrected chi connectivity index (χ0v) is 15.0. The first-order chi connectivity index (χ1) is 10.9. The number of amides is 2. The average molecular weight is 337 g/mol. The van der Waals surface area contributed by atoms with Gasteiger partial charge >= 0.3 is 6.03 Å². The third kappa shape index (κ3) is 5.32. The van der Waals surface area contributed by atoms with Gasteiger partial charge in [-0.3, -0.25) is 0 Å². The molecule has 1 aliphatic heterocycles. The summed E-state index contributed by atoms with van der Waals surface area (Å²) < 4.78 is 0. The summed E-state index contributed by atoms with van der Waals surface area (Å²) in [7, 11) is 0. The van der Waals surface area contributed by atoms with Crippen LogP contribution in [-0.4, -0.2) is 47.9 Å². The van der Waals surface area contributed by atoms with Crippen LogP contribution in [0, 0.1) is 6.92 Å². The van der Waals surface area contributed by atoms with E-state index in [0.29, 0.717) is 6.42 Å². The minimum atomic E-state index is -0.872. The number of carbonyl (C=O) groups is 1. The number of aliphatic hydroxyl groups is 1. The Morgan fingerprint density at radius 1 is 1.39 bits per heavy atom. The monoisotopic (exact) mass is 337 g/mol. The summed E-state index contributed by atoms with van der Waals surface area (Å²) in [6.45, 7) is 8.06. The molecule has 2 rings (SSSR count). The number of urea groups is 1. The largest absolute Gasteiger partial charge is 0.388 e. The van der Waals surface area contributed by atoms with Gasteiger partial charge in [-0.25, -0.2) is 4.79 Å². The molecule has 1 fully saturated rings. The lowest BCUT2D eigenvalue weighted by Crippen LogP contribution is -2.41. The number of thioether (sulfide) groups is 1. The molecule has 23 heavy (non-hydrogen) atoms. The van der Waals surface area contributed by atoms with E-state index in [1.807, 2.05) is 30.8 Å². The maximum absolute atomic E-state index is 11.9. The number of nitrogens with one attached hydrogen (secondary N) is 2. The summed E-state index contributed by atoms with van der Waals surface area (Å²) in [4.78, 5) is 14.3. The maximum Gasteiger partial charge on any atom is 0.319 e. The van der Waals surface area contributed by atoms with Crippen LogP contribution in [-0.2, 0) is 0 Å².